The van der Waals surface area contributed by atoms with Gasteiger partial charge in [-0.1, -0.05) is 42.0 Å². The molecule has 1 aromatic heterocycles. The van der Waals surface area contributed by atoms with Gasteiger partial charge < -0.3 is 24.8 Å². The van der Waals surface area contributed by atoms with Crippen LogP contribution in [0.4, 0.5) is 16.5 Å². The molecule has 0 spiro atoms. The molecule has 0 unspecified atom stereocenters. The van der Waals surface area contributed by atoms with E-state index in [4.69, 9.17) is 14.2 Å². The smallest absolute Gasteiger partial charge is 0.271 e. The molecule has 2 amide bonds. The highest BCUT2D eigenvalue weighted by Crippen LogP contribution is 2.36. The van der Waals surface area contributed by atoms with E-state index in [1.165, 1.54) is 37.3 Å². The van der Waals surface area contributed by atoms with Crippen molar-refractivity contribution in [2.75, 3.05) is 31.5 Å². The molecule has 10 nitrogen and oxygen atoms in total. The first-order chi connectivity index (χ1) is 22.3. The van der Waals surface area contributed by atoms with Crippen molar-refractivity contribution >= 4 is 61.8 Å². The lowest BCUT2D eigenvalue weighted by molar-refractivity contribution is -0.118. The van der Waals surface area contributed by atoms with E-state index in [0.717, 1.165) is 22.1 Å². The fourth-order valence-corrected chi connectivity index (χ4v) is 5.59. The molecule has 3 N–H and O–H groups in total. The zero-order chi connectivity index (χ0) is 32.5. The molecular formula is C34H30BrN5O5S. The number of nitrogens with zero attached hydrogens (tertiary/aromatic N) is 2. The molecular weight excluding hydrogens is 670 g/mol. The number of nitrogens with one attached hydrogen (secondary N) is 3. The number of carbonyl (C=O) groups excluding carboxylic acids is 2. The van der Waals surface area contributed by atoms with Gasteiger partial charge >= 0.3 is 0 Å². The van der Waals surface area contributed by atoms with Crippen LogP contribution < -0.4 is 30.3 Å². The summed E-state index contributed by atoms with van der Waals surface area (Å²) in [6.07, 6.45) is 1.48. The molecule has 12 heteroatoms. The number of hydrazone groups is 1. The zero-order valence-electron chi connectivity index (χ0n) is 25.2. The van der Waals surface area contributed by atoms with Gasteiger partial charge in [-0.05, 0) is 76.9 Å². The Kier molecular flexibility index (Phi) is 10.6. The van der Waals surface area contributed by atoms with Gasteiger partial charge in [-0.2, -0.15) is 5.10 Å². The number of hydrogen-bond donors (Lipinski definition) is 3. The standard InChI is InChI=1S/C34H30BrN5O5S/c1-21-8-14-25(15-9-21)37-34-39-28(20-46-34)23-10-12-24(13-11-23)33(42)40-36-18-22-16-26(35)32(30(17-22)44-3)45-19-31(41)38-27-6-4-5-7-29(27)43-2/h4-18,20H,19H2,1-3H3,(H,37,39)(H,38,41)(H,40,42)/b36-18+. The highest BCUT2D eigenvalue weighted by Gasteiger charge is 2.15. The van der Waals surface area contributed by atoms with Crippen LogP contribution >= 0.6 is 27.3 Å². The zero-order valence-corrected chi connectivity index (χ0v) is 27.6. The van der Waals surface area contributed by atoms with Gasteiger partial charge in [-0.15, -0.1) is 11.3 Å². The third kappa shape index (κ3) is 8.29. The molecule has 0 radical (unpaired) electrons. The minimum Gasteiger partial charge on any atom is -0.495 e. The van der Waals surface area contributed by atoms with E-state index in [1.807, 2.05) is 54.8 Å². The normalized spacial score (nSPS) is 10.8. The Labute approximate surface area is 278 Å². The van der Waals surface area contributed by atoms with E-state index in [0.29, 0.717) is 38.5 Å². The number of thiazole rings is 1. The van der Waals surface area contributed by atoms with Crippen molar-refractivity contribution in [3.8, 4) is 28.5 Å². The predicted octanol–water partition coefficient (Wildman–Crippen LogP) is 7.42. The molecule has 5 rings (SSSR count). The average Bonchev–Trinajstić information content (AvgIpc) is 3.53. The molecule has 0 bridgehead atoms. The van der Waals surface area contributed by atoms with Crippen LogP contribution in [0.15, 0.2) is 99.9 Å². The molecule has 234 valence electrons. The summed E-state index contributed by atoms with van der Waals surface area (Å²) < 4.78 is 17.0. The summed E-state index contributed by atoms with van der Waals surface area (Å²) in [4.78, 5) is 29.9. The number of ether oxygens (including phenoxy) is 3. The number of methoxy groups -OCH3 is 2. The van der Waals surface area contributed by atoms with Gasteiger partial charge in [0.2, 0.25) is 0 Å². The topological polar surface area (TPSA) is 123 Å². The summed E-state index contributed by atoms with van der Waals surface area (Å²) in [5.74, 6) is 0.527. The lowest BCUT2D eigenvalue weighted by Crippen LogP contribution is -2.20. The quantitative estimate of drug-likeness (QED) is 0.0915. The van der Waals surface area contributed by atoms with Crippen molar-refractivity contribution in [2.24, 2.45) is 5.10 Å². The maximum Gasteiger partial charge on any atom is 0.271 e. The average molecular weight is 701 g/mol. The van der Waals surface area contributed by atoms with Gasteiger partial charge in [-0.25, -0.2) is 10.4 Å². The second kappa shape index (κ2) is 15.2. The summed E-state index contributed by atoms with van der Waals surface area (Å²) in [5, 5.41) is 12.9. The van der Waals surface area contributed by atoms with Crippen molar-refractivity contribution < 1.29 is 23.8 Å². The minimum atomic E-state index is -0.369. The molecule has 0 aliphatic heterocycles. The maximum atomic E-state index is 12.7. The van der Waals surface area contributed by atoms with Gasteiger partial charge in [0.1, 0.15) is 5.75 Å². The van der Waals surface area contributed by atoms with Crippen LogP contribution in [0.1, 0.15) is 21.5 Å². The van der Waals surface area contributed by atoms with Crippen molar-refractivity contribution in [1.82, 2.24) is 10.4 Å². The summed E-state index contributed by atoms with van der Waals surface area (Å²) in [5.41, 5.74) is 8.03. The van der Waals surface area contributed by atoms with E-state index < -0.39 is 0 Å². The Bertz CT molecular complexity index is 1860. The molecule has 5 aromatic rings. The number of aryl methyl sites for hydroxylation is 1. The molecule has 46 heavy (non-hydrogen) atoms. The molecule has 1 heterocycles. The van der Waals surface area contributed by atoms with E-state index in [9.17, 15) is 9.59 Å². The van der Waals surface area contributed by atoms with Gasteiger partial charge in [0.15, 0.2) is 23.2 Å². The number of para-hydroxylation sites is 2. The molecule has 0 saturated heterocycles. The second-order valence-corrected chi connectivity index (χ2v) is 11.6. The third-order valence-corrected chi connectivity index (χ3v) is 7.96. The Hall–Kier alpha value is -5.20. The maximum absolute atomic E-state index is 12.7. The Morgan fingerprint density at radius 1 is 0.957 bits per heavy atom. The minimum absolute atomic E-state index is 0.261. The van der Waals surface area contributed by atoms with E-state index in [1.54, 1.807) is 42.5 Å². The van der Waals surface area contributed by atoms with Gasteiger partial charge in [0.25, 0.3) is 11.8 Å². The van der Waals surface area contributed by atoms with Crippen LogP contribution in [-0.2, 0) is 4.79 Å². The molecule has 0 atom stereocenters. The highest BCUT2D eigenvalue weighted by molar-refractivity contribution is 9.10. The Morgan fingerprint density at radius 3 is 2.43 bits per heavy atom. The number of halogens is 1. The number of hydrogen-bond acceptors (Lipinski definition) is 9. The predicted molar refractivity (Wildman–Crippen MR) is 185 cm³/mol. The van der Waals surface area contributed by atoms with Crippen molar-refractivity contribution in [2.45, 2.75) is 6.92 Å². The summed E-state index contributed by atoms with van der Waals surface area (Å²) >= 11 is 4.98. The van der Waals surface area contributed by atoms with Crippen LogP contribution in [0, 0.1) is 6.92 Å². The first-order valence-electron chi connectivity index (χ1n) is 14.0. The molecule has 0 saturated carbocycles. The second-order valence-electron chi connectivity index (χ2n) is 9.88. The molecule has 4 aromatic carbocycles. The van der Waals surface area contributed by atoms with E-state index in [-0.39, 0.29) is 18.4 Å². The SMILES string of the molecule is COc1ccccc1NC(=O)COc1c(Br)cc(/C=N/NC(=O)c2ccc(-c3csc(Nc4ccc(C)cc4)n3)cc2)cc1OC. The highest BCUT2D eigenvalue weighted by atomic mass is 79.9. The summed E-state index contributed by atoms with van der Waals surface area (Å²) in [6.45, 7) is 1.79. The molecule has 0 aliphatic carbocycles. The summed E-state index contributed by atoms with van der Waals surface area (Å²) in [6, 6.07) is 25.8. The number of anilines is 3. The number of aromatic nitrogens is 1. The first kappa shape index (κ1) is 32.2. The first-order valence-corrected chi connectivity index (χ1v) is 15.7. The van der Waals surface area contributed by atoms with Crippen LogP contribution in [0.25, 0.3) is 11.3 Å². The van der Waals surface area contributed by atoms with Crippen molar-refractivity contribution in [1.29, 1.82) is 0 Å². The number of benzene rings is 4. The number of carbonyl (C=O) groups is 2. The fraction of sp³-hybridized carbons (Fsp3) is 0.118. The number of amides is 2. The molecule has 0 aliphatic rings. The van der Waals surface area contributed by atoms with Crippen LogP contribution in [0.5, 0.6) is 17.2 Å². The van der Waals surface area contributed by atoms with Gasteiger partial charge in [0, 0.05) is 22.2 Å². The lowest BCUT2D eigenvalue weighted by atomic mass is 10.1. The van der Waals surface area contributed by atoms with E-state index >= 15 is 0 Å². The van der Waals surface area contributed by atoms with Crippen LogP contribution in [0.3, 0.4) is 0 Å². The monoisotopic (exact) mass is 699 g/mol. The fourth-order valence-electron chi connectivity index (χ4n) is 4.27. The van der Waals surface area contributed by atoms with Crippen LogP contribution in [0.2, 0.25) is 0 Å². The van der Waals surface area contributed by atoms with Crippen molar-refractivity contribution in [3.63, 3.8) is 0 Å². The van der Waals surface area contributed by atoms with Gasteiger partial charge in [-0.3, -0.25) is 9.59 Å². The number of rotatable bonds is 12. The summed E-state index contributed by atoms with van der Waals surface area (Å²) in [7, 11) is 3.02. The van der Waals surface area contributed by atoms with Crippen molar-refractivity contribution in [3.05, 3.63) is 111 Å². The largest absolute Gasteiger partial charge is 0.495 e. The third-order valence-electron chi connectivity index (χ3n) is 6.61. The lowest BCUT2D eigenvalue weighted by Gasteiger charge is -2.14. The molecule has 0 fully saturated rings. The Balaban J connectivity index is 1.16. The van der Waals surface area contributed by atoms with Crippen LogP contribution in [-0.4, -0.2) is 43.8 Å². The Morgan fingerprint density at radius 2 is 1.70 bits per heavy atom. The van der Waals surface area contributed by atoms with Gasteiger partial charge in [0.05, 0.1) is 36.3 Å². The van der Waals surface area contributed by atoms with E-state index in [2.05, 4.69) is 42.1 Å².